The van der Waals surface area contributed by atoms with Gasteiger partial charge in [0.25, 0.3) is 0 Å². The third kappa shape index (κ3) is 2.40. The van der Waals surface area contributed by atoms with Gasteiger partial charge in [-0.25, -0.2) is 0 Å². The van der Waals surface area contributed by atoms with Gasteiger partial charge in [-0.05, 0) is 38.0 Å². The molecule has 0 radical (unpaired) electrons. The number of rotatable bonds is 3. The molecule has 0 saturated carbocycles. The summed E-state index contributed by atoms with van der Waals surface area (Å²) in [6, 6.07) is 1.23. The Morgan fingerprint density at radius 3 is 2.38 bits per heavy atom. The van der Waals surface area contributed by atoms with Crippen LogP contribution >= 0.6 is 0 Å². The molecular formula is C13H24N2O. The summed E-state index contributed by atoms with van der Waals surface area (Å²) in [5.74, 6) is 0.988. The second-order valence-corrected chi connectivity index (χ2v) is 5.85. The normalized spacial score (nSPS) is 33.5. The highest BCUT2D eigenvalue weighted by atomic mass is 16.2. The molecule has 2 atom stereocenters. The van der Waals surface area contributed by atoms with Crippen molar-refractivity contribution >= 4 is 5.91 Å². The highest BCUT2D eigenvalue weighted by Gasteiger charge is 2.41. The molecule has 2 aliphatic heterocycles. The van der Waals surface area contributed by atoms with Gasteiger partial charge in [0.2, 0.25) is 5.91 Å². The number of carbonyl (C=O) groups excluding carboxylic acids is 1. The van der Waals surface area contributed by atoms with Crippen LogP contribution in [0.5, 0.6) is 0 Å². The lowest BCUT2D eigenvalue weighted by atomic mass is 9.97. The van der Waals surface area contributed by atoms with E-state index in [1.807, 2.05) is 0 Å². The van der Waals surface area contributed by atoms with Crippen LogP contribution in [0.15, 0.2) is 0 Å². The highest BCUT2D eigenvalue weighted by Crippen LogP contribution is 2.35. The van der Waals surface area contributed by atoms with E-state index < -0.39 is 0 Å². The first kappa shape index (κ1) is 11.9. The predicted octanol–water partition coefficient (Wildman–Crippen LogP) is 1.90. The van der Waals surface area contributed by atoms with Gasteiger partial charge in [0.1, 0.15) is 0 Å². The Labute approximate surface area is 98.4 Å². The SMILES string of the molecule is CC(C)CCC(=O)N1C2CCC1CC(N)C2. The number of hydrogen-bond acceptors (Lipinski definition) is 2. The first-order valence-corrected chi connectivity index (χ1v) is 6.64. The lowest BCUT2D eigenvalue weighted by molar-refractivity contribution is -0.136. The standard InChI is InChI=1S/C13H24N2O/c1-9(2)3-6-13(16)15-11-4-5-12(15)8-10(14)7-11/h9-12H,3-8,14H2,1-2H3. The molecule has 2 fully saturated rings. The smallest absolute Gasteiger partial charge is 0.223 e. The monoisotopic (exact) mass is 224 g/mol. The molecule has 0 aromatic rings. The summed E-state index contributed by atoms with van der Waals surface area (Å²) in [6.07, 6.45) is 6.12. The number of nitrogens with two attached hydrogens (primary N) is 1. The second-order valence-electron chi connectivity index (χ2n) is 5.85. The first-order valence-electron chi connectivity index (χ1n) is 6.64. The Morgan fingerprint density at radius 2 is 1.88 bits per heavy atom. The summed E-state index contributed by atoms with van der Waals surface area (Å²) in [7, 11) is 0. The summed E-state index contributed by atoms with van der Waals surface area (Å²) in [5.41, 5.74) is 6.00. The fourth-order valence-electron chi connectivity index (χ4n) is 3.17. The molecule has 16 heavy (non-hydrogen) atoms. The van der Waals surface area contributed by atoms with Crippen molar-refractivity contribution in [3.63, 3.8) is 0 Å². The van der Waals surface area contributed by atoms with Crippen LogP contribution in [-0.4, -0.2) is 28.9 Å². The van der Waals surface area contributed by atoms with E-state index in [0.29, 0.717) is 30.0 Å². The molecule has 2 rings (SSSR count). The predicted molar refractivity (Wildman–Crippen MR) is 64.9 cm³/mol. The molecular weight excluding hydrogens is 200 g/mol. The minimum atomic E-state index is 0.326. The van der Waals surface area contributed by atoms with E-state index in [-0.39, 0.29) is 0 Å². The van der Waals surface area contributed by atoms with E-state index in [1.54, 1.807) is 0 Å². The Balaban J connectivity index is 1.92. The minimum Gasteiger partial charge on any atom is -0.337 e. The molecule has 2 N–H and O–H groups in total. The minimum absolute atomic E-state index is 0.326. The van der Waals surface area contributed by atoms with E-state index in [2.05, 4.69) is 18.7 Å². The molecule has 1 amide bonds. The highest BCUT2D eigenvalue weighted by molar-refractivity contribution is 5.77. The average molecular weight is 224 g/mol. The van der Waals surface area contributed by atoms with Crippen LogP contribution in [0.25, 0.3) is 0 Å². The Hall–Kier alpha value is -0.570. The number of carbonyl (C=O) groups is 1. The number of amides is 1. The van der Waals surface area contributed by atoms with Crippen LogP contribution in [0.4, 0.5) is 0 Å². The van der Waals surface area contributed by atoms with Crippen molar-refractivity contribution in [3.8, 4) is 0 Å². The van der Waals surface area contributed by atoms with Gasteiger partial charge in [-0.2, -0.15) is 0 Å². The van der Waals surface area contributed by atoms with Gasteiger partial charge in [-0.15, -0.1) is 0 Å². The van der Waals surface area contributed by atoms with Crippen molar-refractivity contribution in [1.82, 2.24) is 4.90 Å². The average Bonchev–Trinajstić information content (AvgIpc) is 2.48. The van der Waals surface area contributed by atoms with Crippen LogP contribution in [-0.2, 0) is 4.79 Å². The number of nitrogens with zero attached hydrogens (tertiary/aromatic N) is 1. The van der Waals surface area contributed by atoms with Crippen molar-refractivity contribution in [3.05, 3.63) is 0 Å². The van der Waals surface area contributed by atoms with Gasteiger partial charge in [-0.1, -0.05) is 13.8 Å². The first-order chi connectivity index (χ1) is 7.58. The molecule has 3 nitrogen and oxygen atoms in total. The summed E-state index contributed by atoms with van der Waals surface area (Å²) in [5, 5.41) is 0. The summed E-state index contributed by atoms with van der Waals surface area (Å²) in [6.45, 7) is 4.35. The van der Waals surface area contributed by atoms with Gasteiger partial charge in [0, 0.05) is 24.5 Å². The maximum absolute atomic E-state index is 12.2. The van der Waals surface area contributed by atoms with E-state index >= 15 is 0 Å². The molecule has 2 bridgehead atoms. The van der Waals surface area contributed by atoms with Crippen molar-refractivity contribution in [2.24, 2.45) is 11.7 Å². The van der Waals surface area contributed by atoms with Crippen LogP contribution in [0.3, 0.4) is 0 Å². The van der Waals surface area contributed by atoms with Crippen LogP contribution in [0.1, 0.15) is 52.4 Å². The maximum Gasteiger partial charge on any atom is 0.223 e. The fraction of sp³-hybridized carbons (Fsp3) is 0.923. The van der Waals surface area contributed by atoms with Crippen molar-refractivity contribution in [1.29, 1.82) is 0 Å². The zero-order chi connectivity index (χ0) is 11.7. The number of piperidine rings is 1. The van der Waals surface area contributed by atoms with Crippen molar-refractivity contribution in [2.75, 3.05) is 0 Å². The largest absolute Gasteiger partial charge is 0.337 e. The molecule has 0 aromatic heterocycles. The van der Waals surface area contributed by atoms with Gasteiger partial charge < -0.3 is 10.6 Å². The Kier molecular flexibility index (Phi) is 3.53. The molecule has 3 heteroatoms. The third-order valence-corrected chi connectivity index (χ3v) is 3.99. The summed E-state index contributed by atoms with van der Waals surface area (Å²) >= 11 is 0. The topological polar surface area (TPSA) is 46.3 Å². The van der Waals surface area contributed by atoms with Gasteiger partial charge in [0.15, 0.2) is 0 Å². The van der Waals surface area contributed by atoms with Crippen molar-refractivity contribution in [2.45, 2.75) is 70.5 Å². The molecule has 0 spiro atoms. The van der Waals surface area contributed by atoms with Crippen molar-refractivity contribution < 1.29 is 4.79 Å². The zero-order valence-corrected chi connectivity index (χ0v) is 10.5. The maximum atomic E-state index is 12.2. The molecule has 92 valence electrons. The number of hydrogen-bond donors (Lipinski definition) is 1. The Bertz CT molecular complexity index is 251. The zero-order valence-electron chi connectivity index (χ0n) is 10.5. The lowest BCUT2D eigenvalue weighted by Gasteiger charge is -2.38. The molecule has 2 heterocycles. The molecule has 2 aliphatic rings. The van der Waals surface area contributed by atoms with Gasteiger partial charge in [-0.3, -0.25) is 4.79 Å². The third-order valence-electron chi connectivity index (χ3n) is 3.99. The Morgan fingerprint density at radius 1 is 1.31 bits per heavy atom. The molecule has 0 aromatic carbocycles. The fourth-order valence-corrected chi connectivity index (χ4v) is 3.17. The lowest BCUT2D eigenvalue weighted by Crippen LogP contribution is -2.50. The molecule has 2 saturated heterocycles. The second kappa shape index (κ2) is 4.74. The number of fused-ring (bicyclic) bond motifs is 2. The molecule has 2 unspecified atom stereocenters. The van der Waals surface area contributed by atoms with E-state index in [0.717, 1.165) is 25.7 Å². The quantitative estimate of drug-likeness (QED) is 0.796. The van der Waals surface area contributed by atoms with Gasteiger partial charge in [0.05, 0.1) is 0 Å². The van der Waals surface area contributed by atoms with E-state index in [1.165, 1.54) is 12.8 Å². The van der Waals surface area contributed by atoms with Crippen LogP contribution in [0.2, 0.25) is 0 Å². The van der Waals surface area contributed by atoms with E-state index in [9.17, 15) is 4.79 Å². The van der Waals surface area contributed by atoms with Gasteiger partial charge >= 0.3 is 0 Å². The van der Waals surface area contributed by atoms with E-state index in [4.69, 9.17) is 5.73 Å². The van der Waals surface area contributed by atoms with Crippen LogP contribution in [0, 0.1) is 5.92 Å². The van der Waals surface area contributed by atoms with Crippen LogP contribution < -0.4 is 5.73 Å². The summed E-state index contributed by atoms with van der Waals surface area (Å²) in [4.78, 5) is 14.3. The molecule has 0 aliphatic carbocycles. The summed E-state index contributed by atoms with van der Waals surface area (Å²) < 4.78 is 0.